The van der Waals surface area contributed by atoms with Crippen LogP contribution in [0.5, 0.6) is 0 Å². The molecule has 0 atom stereocenters. The molecule has 1 aromatic heterocycles. The van der Waals surface area contributed by atoms with Gasteiger partial charge in [-0.15, -0.1) is 11.6 Å². The molecule has 1 heterocycles. The number of halogens is 1. The zero-order chi connectivity index (χ0) is 10.7. The maximum atomic E-state index is 6.16. The molecule has 0 aromatic carbocycles. The summed E-state index contributed by atoms with van der Waals surface area (Å²) in [5.41, 5.74) is 1.52. The molecular weight excluding hydrogens is 208 g/mol. The molecule has 0 unspecified atom stereocenters. The Hall–Kier alpha value is -0.500. The zero-order valence-corrected chi connectivity index (χ0v) is 10.1. The smallest absolute Gasteiger partial charge is 0.0630 e. The van der Waals surface area contributed by atoms with Crippen LogP contribution in [0.3, 0.4) is 0 Å². The molecular formula is C12H19ClN2. The first kappa shape index (κ1) is 11.0. The summed E-state index contributed by atoms with van der Waals surface area (Å²) < 4.78 is 1.88. The molecule has 1 aliphatic carbocycles. The Morgan fingerprint density at radius 1 is 1.40 bits per heavy atom. The van der Waals surface area contributed by atoms with E-state index >= 15 is 0 Å². The van der Waals surface area contributed by atoms with Crippen molar-refractivity contribution in [3.05, 3.63) is 18.0 Å². The van der Waals surface area contributed by atoms with Crippen molar-refractivity contribution in [2.45, 2.75) is 38.5 Å². The van der Waals surface area contributed by atoms with E-state index in [2.05, 4.69) is 11.2 Å². The van der Waals surface area contributed by atoms with Gasteiger partial charge in [0.05, 0.1) is 5.69 Å². The van der Waals surface area contributed by atoms with E-state index in [1.165, 1.54) is 37.8 Å². The fourth-order valence-electron chi connectivity index (χ4n) is 2.60. The second kappa shape index (κ2) is 4.56. The Morgan fingerprint density at radius 3 is 2.67 bits per heavy atom. The van der Waals surface area contributed by atoms with Crippen LogP contribution < -0.4 is 0 Å². The molecule has 0 radical (unpaired) electrons. The van der Waals surface area contributed by atoms with E-state index in [-0.39, 0.29) is 0 Å². The largest absolute Gasteiger partial charge is 0.276 e. The molecule has 0 N–H and O–H groups in total. The van der Waals surface area contributed by atoms with E-state index < -0.39 is 0 Å². The molecule has 0 saturated heterocycles. The minimum Gasteiger partial charge on any atom is -0.276 e. The molecule has 84 valence electrons. The number of rotatable bonds is 3. The Balaban J connectivity index is 2.06. The lowest BCUT2D eigenvalue weighted by atomic mass is 9.72. The SMILES string of the molecule is Cn1ccc(CC2(CCl)CCCCC2)n1. The van der Waals surface area contributed by atoms with E-state index in [9.17, 15) is 0 Å². The highest BCUT2D eigenvalue weighted by Gasteiger charge is 2.31. The fraction of sp³-hybridized carbons (Fsp3) is 0.750. The summed E-state index contributed by atoms with van der Waals surface area (Å²) in [6.45, 7) is 0. The highest BCUT2D eigenvalue weighted by molar-refractivity contribution is 6.18. The quantitative estimate of drug-likeness (QED) is 0.724. The number of nitrogens with zero attached hydrogens (tertiary/aromatic N) is 2. The molecule has 1 saturated carbocycles. The molecule has 1 aromatic rings. The molecule has 0 aliphatic heterocycles. The first-order chi connectivity index (χ1) is 7.24. The minimum atomic E-state index is 0.328. The van der Waals surface area contributed by atoms with Crippen LogP contribution in [0.2, 0.25) is 0 Å². The Kier molecular flexibility index (Phi) is 3.35. The first-order valence-corrected chi connectivity index (χ1v) is 6.32. The normalized spacial score (nSPS) is 20.4. The highest BCUT2D eigenvalue weighted by atomic mass is 35.5. The van der Waals surface area contributed by atoms with Gasteiger partial charge in [-0.05, 0) is 30.7 Å². The fourth-order valence-corrected chi connectivity index (χ4v) is 2.96. The summed E-state index contributed by atoms with van der Waals surface area (Å²) in [5, 5.41) is 4.46. The van der Waals surface area contributed by atoms with Gasteiger partial charge in [-0.2, -0.15) is 5.10 Å². The number of hydrogen-bond acceptors (Lipinski definition) is 1. The van der Waals surface area contributed by atoms with Gasteiger partial charge in [-0.1, -0.05) is 19.3 Å². The molecule has 0 amide bonds. The summed E-state index contributed by atoms with van der Waals surface area (Å²) in [7, 11) is 1.97. The summed E-state index contributed by atoms with van der Waals surface area (Å²) in [4.78, 5) is 0. The second-order valence-electron chi connectivity index (χ2n) is 4.85. The van der Waals surface area contributed by atoms with Crippen molar-refractivity contribution in [2.24, 2.45) is 12.5 Å². The third-order valence-electron chi connectivity index (χ3n) is 3.52. The summed E-state index contributed by atoms with van der Waals surface area (Å²) in [5.74, 6) is 0.781. The molecule has 2 nitrogen and oxygen atoms in total. The van der Waals surface area contributed by atoms with E-state index in [4.69, 9.17) is 11.6 Å². The van der Waals surface area contributed by atoms with Gasteiger partial charge in [0.15, 0.2) is 0 Å². The van der Waals surface area contributed by atoms with Crippen molar-refractivity contribution in [1.29, 1.82) is 0 Å². The van der Waals surface area contributed by atoms with Crippen LogP contribution in [0, 0.1) is 5.41 Å². The van der Waals surface area contributed by atoms with Crippen LogP contribution >= 0.6 is 11.6 Å². The molecule has 0 bridgehead atoms. The average Bonchev–Trinajstić information content (AvgIpc) is 2.65. The van der Waals surface area contributed by atoms with E-state index in [1.54, 1.807) is 0 Å². The molecule has 0 spiro atoms. The van der Waals surface area contributed by atoms with Crippen LogP contribution in [0.4, 0.5) is 0 Å². The van der Waals surface area contributed by atoms with Crippen molar-refractivity contribution in [3.63, 3.8) is 0 Å². The van der Waals surface area contributed by atoms with Gasteiger partial charge >= 0.3 is 0 Å². The molecule has 3 heteroatoms. The standard InChI is InChI=1S/C12H19ClN2/c1-15-8-5-11(14-15)9-12(10-13)6-3-2-4-7-12/h5,8H,2-4,6-7,9-10H2,1H3. The van der Waals surface area contributed by atoms with Crippen molar-refractivity contribution in [1.82, 2.24) is 9.78 Å². The maximum absolute atomic E-state index is 6.16. The maximum Gasteiger partial charge on any atom is 0.0630 e. The lowest BCUT2D eigenvalue weighted by Gasteiger charge is -2.35. The van der Waals surface area contributed by atoms with Gasteiger partial charge < -0.3 is 0 Å². The highest BCUT2D eigenvalue weighted by Crippen LogP contribution is 2.39. The van der Waals surface area contributed by atoms with Gasteiger partial charge in [0, 0.05) is 19.1 Å². The van der Waals surface area contributed by atoms with Crippen LogP contribution in [-0.4, -0.2) is 15.7 Å². The van der Waals surface area contributed by atoms with Gasteiger partial charge in [-0.3, -0.25) is 4.68 Å². The number of alkyl halides is 1. The Bertz CT molecular complexity index is 313. The van der Waals surface area contributed by atoms with Crippen LogP contribution in [-0.2, 0) is 13.5 Å². The summed E-state index contributed by atoms with van der Waals surface area (Å²) in [6.07, 6.45) is 9.65. The van der Waals surface area contributed by atoms with Gasteiger partial charge in [0.1, 0.15) is 0 Å². The monoisotopic (exact) mass is 226 g/mol. The molecule has 1 fully saturated rings. The van der Waals surface area contributed by atoms with Crippen molar-refractivity contribution < 1.29 is 0 Å². The zero-order valence-electron chi connectivity index (χ0n) is 9.38. The predicted octanol–water partition coefficient (Wildman–Crippen LogP) is 3.15. The third kappa shape index (κ3) is 2.54. The van der Waals surface area contributed by atoms with Crippen LogP contribution in [0.1, 0.15) is 37.8 Å². The van der Waals surface area contributed by atoms with Crippen LogP contribution in [0.25, 0.3) is 0 Å². The van der Waals surface area contributed by atoms with Gasteiger partial charge in [0.2, 0.25) is 0 Å². The predicted molar refractivity (Wildman–Crippen MR) is 63.2 cm³/mol. The Morgan fingerprint density at radius 2 is 2.13 bits per heavy atom. The number of aryl methyl sites for hydroxylation is 1. The van der Waals surface area contributed by atoms with Crippen molar-refractivity contribution >= 4 is 11.6 Å². The second-order valence-corrected chi connectivity index (χ2v) is 5.12. The lowest BCUT2D eigenvalue weighted by molar-refractivity contribution is 0.217. The molecule has 15 heavy (non-hydrogen) atoms. The minimum absolute atomic E-state index is 0.328. The lowest BCUT2D eigenvalue weighted by Crippen LogP contribution is -2.28. The van der Waals surface area contributed by atoms with Gasteiger partial charge in [0.25, 0.3) is 0 Å². The van der Waals surface area contributed by atoms with Crippen molar-refractivity contribution in [2.75, 3.05) is 5.88 Å². The topological polar surface area (TPSA) is 17.8 Å². The third-order valence-corrected chi connectivity index (χ3v) is 4.09. The van der Waals surface area contributed by atoms with Crippen molar-refractivity contribution in [3.8, 4) is 0 Å². The number of hydrogen-bond donors (Lipinski definition) is 0. The van der Waals surface area contributed by atoms with E-state index in [0.717, 1.165) is 12.3 Å². The molecule has 2 rings (SSSR count). The van der Waals surface area contributed by atoms with E-state index in [1.807, 2.05) is 17.9 Å². The summed E-state index contributed by atoms with van der Waals surface area (Å²) in [6, 6.07) is 2.11. The Labute approximate surface area is 96.6 Å². The first-order valence-electron chi connectivity index (χ1n) is 5.79. The number of aromatic nitrogens is 2. The van der Waals surface area contributed by atoms with E-state index in [0.29, 0.717) is 5.41 Å². The van der Waals surface area contributed by atoms with Gasteiger partial charge in [-0.25, -0.2) is 0 Å². The molecule has 1 aliphatic rings. The van der Waals surface area contributed by atoms with Crippen LogP contribution in [0.15, 0.2) is 12.3 Å². The summed E-state index contributed by atoms with van der Waals surface area (Å²) >= 11 is 6.16. The average molecular weight is 227 g/mol.